The van der Waals surface area contributed by atoms with Gasteiger partial charge in [-0.3, -0.25) is 10.1 Å². The van der Waals surface area contributed by atoms with Gasteiger partial charge in [0.25, 0.3) is 5.91 Å². The molecule has 3 amide bonds. The van der Waals surface area contributed by atoms with E-state index in [4.69, 9.17) is 26.8 Å². The van der Waals surface area contributed by atoms with Crippen LogP contribution in [0, 0.1) is 13.8 Å². The van der Waals surface area contributed by atoms with Crippen molar-refractivity contribution < 1.29 is 23.9 Å². The maximum atomic E-state index is 12.5. The summed E-state index contributed by atoms with van der Waals surface area (Å²) in [6.45, 7) is 4.89. The Morgan fingerprint density at radius 1 is 1.22 bits per heavy atom. The van der Waals surface area contributed by atoms with Crippen LogP contribution in [0.25, 0.3) is 5.69 Å². The van der Waals surface area contributed by atoms with Crippen molar-refractivity contribution in [3.63, 3.8) is 0 Å². The first-order valence-corrected chi connectivity index (χ1v) is 8.37. The lowest BCUT2D eigenvalue weighted by molar-refractivity contribution is -0.127. The number of carbonyl (C=O) groups is 3. The monoisotopic (exact) mass is 393 g/mol. The van der Waals surface area contributed by atoms with E-state index >= 15 is 0 Å². The van der Waals surface area contributed by atoms with Crippen LogP contribution in [0.5, 0.6) is 5.75 Å². The van der Waals surface area contributed by atoms with E-state index in [0.29, 0.717) is 22.2 Å². The summed E-state index contributed by atoms with van der Waals surface area (Å²) < 4.78 is 12.3. The summed E-state index contributed by atoms with van der Waals surface area (Å²) in [6, 6.07) is 5.76. The number of nitrogens with two attached hydrogens (primary N) is 1. The molecular weight excluding hydrogens is 374 g/mol. The average Bonchev–Trinajstić information content (AvgIpc) is 2.88. The Morgan fingerprint density at radius 2 is 1.89 bits per heavy atom. The summed E-state index contributed by atoms with van der Waals surface area (Å²) in [5, 5.41) is 2.38. The Hall–Kier alpha value is -3.00. The van der Waals surface area contributed by atoms with Gasteiger partial charge < -0.3 is 19.8 Å². The predicted octanol–water partition coefficient (Wildman–Crippen LogP) is 2.50. The summed E-state index contributed by atoms with van der Waals surface area (Å²) in [6.07, 6.45) is -1.19. The van der Waals surface area contributed by atoms with Crippen molar-refractivity contribution in [2.45, 2.75) is 26.9 Å². The van der Waals surface area contributed by atoms with Gasteiger partial charge in [-0.2, -0.15) is 0 Å². The number of benzene rings is 1. The summed E-state index contributed by atoms with van der Waals surface area (Å²) in [7, 11) is 1.54. The van der Waals surface area contributed by atoms with E-state index in [1.54, 1.807) is 35.8 Å². The number of esters is 1. The Morgan fingerprint density at radius 3 is 2.48 bits per heavy atom. The highest BCUT2D eigenvalue weighted by atomic mass is 35.5. The van der Waals surface area contributed by atoms with E-state index < -0.39 is 24.0 Å². The number of aryl methyl sites for hydroxylation is 1. The molecule has 0 spiro atoms. The van der Waals surface area contributed by atoms with Gasteiger partial charge in [-0.15, -0.1) is 0 Å². The normalized spacial score (nSPS) is 11.6. The number of methoxy groups -OCH3 is 1. The third kappa shape index (κ3) is 4.40. The molecule has 0 fully saturated rings. The SMILES string of the molecule is COc1ccc(Cl)cc1-n1c(C)cc(C(=O)O[C@@H](C)C(=O)NC(N)=O)c1C. The number of hydrogen-bond acceptors (Lipinski definition) is 5. The molecule has 8 nitrogen and oxygen atoms in total. The molecule has 2 rings (SSSR count). The van der Waals surface area contributed by atoms with Crippen LogP contribution in [0.2, 0.25) is 5.02 Å². The standard InChI is InChI=1S/C18H20ClN3O5/c1-9-7-13(17(24)27-11(3)16(23)21-18(20)25)10(2)22(9)14-8-12(19)5-6-15(14)26-4/h5-8,11H,1-4H3,(H3,20,21,23,25)/t11-/m0/s1. The minimum atomic E-state index is -1.19. The van der Waals surface area contributed by atoms with Gasteiger partial charge in [-0.1, -0.05) is 11.6 Å². The average molecular weight is 394 g/mol. The van der Waals surface area contributed by atoms with Crippen molar-refractivity contribution in [1.29, 1.82) is 0 Å². The zero-order valence-corrected chi connectivity index (χ0v) is 16.1. The molecule has 1 atom stereocenters. The Kier molecular flexibility index (Phi) is 6.12. The highest BCUT2D eigenvalue weighted by Crippen LogP contribution is 2.30. The summed E-state index contributed by atoms with van der Waals surface area (Å²) in [5.74, 6) is -0.932. The van der Waals surface area contributed by atoms with Gasteiger partial charge in [-0.05, 0) is 45.0 Å². The highest BCUT2D eigenvalue weighted by molar-refractivity contribution is 6.30. The Bertz CT molecular complexity index is 907. The molecule has 0 saturated heterocycles. The quantitative estimate of drug-likeness (QED) is 0.758. The van der Waals surface area contributed by atoms with E-state index in [2.05, 4.69) is 0 Å². The van der Waals surface area contributed by atoms with E-state index in [9.17, 15) is 14.4 Å². The highest BCUT2D eigenvalue weighted by Gasteiger charge is 2.24. The number of nitrogens with zero attached hydrogens (tertiary/aromatic N) is 1. The Labute approximate surface area is 161 Å². The largest absolute Gasteiger partial charge is 0.495 e. The number of halogens is 1. The van der Waals surface area contributed by atoms with Crippen LogP contribution in [0.1, 0.15) is 28.7 Å². The van der Waals surface area contributed by atoms with Crippen LogP contribution in [-0.2, 0) is 9.53 Å². The number of rotatable bonds is 5. The molecule has 0 saturated carbocycles. The van der Waals surface area contributed by atoms with E-state index in [0.717, 1.165) is 5.69 Å². The zero-order valence-electron chi connectivity index (χ0n) is 15.3. The van der Waals surface area contributed by atoms with Crippen molar-refractivity contribution in [2.24, 2.45) is 5.73 Å². The smallest absolute Gasteiger partial charge is 0.340 e. The molecule has 0 aliphatic rings. The molecule has 1 heterocycles. The number of carbonyl (C=O) groups excluding carboxylic acids is 3. The van der Waals surface area contributed by atoms with Crippen LogP contribution >= 0.6 is 11.6 Å². The van der Waals surface area contributed by atoms with Gasteiger partial charge in [0.15, 0.2) is 6.10 Å². The lowest BCUT2D eigenvalue weighted by Crippen LogP contribution is -2.42. The molecular formula is C18H20ClN3O5. The number of amides is 3. The van der Waals surface area contributed by atoms with Gasteiger partial charge in [-0.25, -0.2) is 9.59 Å². The number of urea groups is 1. The first-order chi connectivity index (χ1) is 12.6. The lowest BCUT2D eigenvalue weighted by Gasteiger charge is -2.15. The van der Waals surface area contributed by atoms with Crippen molar-refractivity contribution in [3.8, 4) is 11.4 Å². The molecule has 0 radical (unpaired) electrons. The van der Waals surface area contributed by atoms with Gasteiger partial charge in [0.1, 0.15) is 5.75 Å². The van der Waals surface area contributed by atoms with Crippen molar-refractivity contribution in [1.82, 2.24) is 9.88 Å². The molecule has 3 N–H and O–H groups in total. The summed E-state index contributed by atoms with van der Waals surface area (Å²) in [4.78, 5) is 34.9. The van der Waals surface area contributed by atoms with Gasteiger partial charge in [0, 0.05) is 16.4 Å². The third-order valence-electron chi connectivity index (χ3n) is 3.93. The number of aromatic nitrogens is 1. The maximum Gasteiger partial charge on any atom is 0.340 e. The summed E-state index contributed by atoms with van der Waals surface area (Å²) in [5.41, 5.74) is 7.15. The molecule has 1 aromatic heterocycles. The second-order valence-electron chi connectivity index (χ2n) is 5.84. The van der Waals surface area contributed by atoms with Crippen LogP contribution in [0.3, 0.4) is 0 Å². The minimum absolute atomic E-state index is 0.272. The predicted molar refractivity (Wildman–Crippen MR) is 99.4 cm³/mol. The van der Waals surface area contributed by atoms with Crippen LogP contribution in [-0.4, -0.2) is 35.7 Å². The molecule has 144 valence electrons. The molecule has 0 bridgehead atoms. The molecule has 0 aliphatic carbocycles. The molecule has 27 heavy (non-hydrogen) atoms. The topological polar surface area (TPSA) is 113 Å². The second-order valence-corrected chi connectivity index (χ2v) is 6.27. The lowest BCUT2D eigenvalue weighted by atomic mass is 10.2. The molecule has 9 heteroatoms. The van der Waals surface area contributed by atoms with E-state index in [1.807, 2.05) is 12.2 Å². The fourth-order valence-electron chi connectivity index (χ4n) is 2.68. The molecule has 2 aromatic rings. The van der Waals surface area contributed by atoms with E-state index in [-0.39, 0.29) is 5.56 Å². The van der Waals surface area contributed by atoms with Crippen LogP contribution < -0.4 is 15.8 Å². The third-order valence-corrected chi connectivity index (χ3v) is 4.17. The van der Waals surface area contributed by atoms with Crippen molar-refractivity contribution in [3.05, 3.63) is 46.2 Å². The maximum absolute atomic E-state index is 12.5. The first-order valence-electron chi connectivity index (χ1n) is 7.99. The number of ether oxygens (including phenoxy) is 2. The molecule has 0 unspecified atom stereocenters. The zero-order chi connectivity index (χ0) is 20.3. The second kappa shape index (κ2) is 8.13. The van der Waals surface area contributed by atoms with Gasteiger partial charge in [0.05, 0.1) is 18.4 Å². The number of hydrogen-bond donors (Lipinski definition) is 2. The van der Waals surface area contributed by atoms with Crippen LogP contribution in [0.15, 0.2) is 24.3 Å². The Balaban J connectivity index is 2.35. The van der Waals surface area contributed by atoms with E-state index in [1.165, 1.54) is 14.0 Å². The summed E-state index contributed by atoms with van der Waals surface area (Å²) >= 11 is 6.10. The van der Waals surface area contributed by atoms with Gasteiger partial charge >= 0.3 is 12.0 Å². The first kappa shape index (κ1) is 20.3. The van der Waals surface area contributed by atoms with Crippen molar-refractivity contribution in [2.75, 3.05) is 7.11 Å². The van der Waals surface area contributed by atoms with Crippen LogP contribution in [0.4, 0.5) is 4.79 Å². The fraction of sp³-hybridized carbons (Fsp3) is 0.278. The van der Waals surface area contributed by atoms with Gasteiger partial charge in [0.2, 0.25) is 0 Å². The number of nitrogens with one attached hydrogen (secondary N) is 1. The molecule has 1 aromatic carbocycles. The molecule has 0 aliphatic heterocycles. The van der Waals surface area contributed by atoms with Crippen molar-refractivity contribution >= 4 is 29.5 Å². The minimum Gasteiger partial charge on any atom is -0.495 e. The fourth-order valence-corrected chi connectivity index (χ4v) is 2.85. The number of primary amides is 1. The number of imide groups is 1.